The number of aromatic nitrogens is 4. The lowest BCUT2D eigenvalue weighted by atomic mass is 10.2. The summed E-state index contributed by atoms with van der Waals surface area (Å²) in [6.45, 7) is 2.05. The van der Waals surface area contributed by atoms with E-state index in [9.17, 15) is 0 Å². The molecule has 0 radical (unpaired) electrons. The van der Waals surface area contributed by atoms with Gasteiger partial charge in [0.1, 0.15) is 5.75 Å². The molecule has 27 heavy (non-hydrogen) atoms. The van der Waals surface area contributed by atoms with Gasteiger partial charge in [-0.15, -0.1) is 15.3 Å². The van der Waals surface area contributed by atoms with Crippen molar-refractivity contribution in [2.45, 2.75) is 6.92 Å². The van der Waals surface area contributed by atoms with Crippen molar-refractivity contribution in [3.8, 4) is 17.1 Å². The number of rotatable bonds is 5. The second-order valence-corrected chi connectivity index (χ2v) is 6.02. The van der Waals surface area contributed by atoms with Gasteiger partial charge in [0.05, 0.1) is 13.3 Å². The number of ether oxygens (including phenoxy) is 1. The van der Waals surface area contributed by atoms with E-state index in [4.69, 9.17) is 4.74 Å². The van der Waals surface area contributed by atoms with E-state index in [1.807, 2.05) is 60.7 Å². The van der Waals surface area contributed by atoms with Crippen molar-refractivity contribution in [1.29, 1.82) is 0 Å². The maximum absolute atomic E-state index is 5.20. The Balaban J connectivity index is 1.58. The minimum absolute atomic E-state index is 0.598. The number of aryl methyl sites for hydroxylation is 1. The van der Waals surface area contributed by atoms with Crippen LogP contribution >= 0.6 is 0 Å². The highest BCUT2D eigenvalue weighted by Crippen LogP contribution is 2.21. The highest BCUT2D eigenvalue weighted by molar-refractivity contribution is 5.80. The number of nitrogens with one attached hydrogen (secondary N) is 1. The predicted octanol–water partition coefficient (Wildman–Crippen LogP) is 3.55. The second-order valence-electron chi connectivity index (χ2n) is 6.02. The fourth-order valence-corrected chi connectivity index (χ4v) is 2.59. The summed E-state index contributed by atoms with van der Waals surface area (Å²) < 4.78 is 6.88. The highest BCUT2D eigenvalue weighted by atomic mass is 16.5. The second kappa shape index (κ2) is 7.25. The molecular formula is C20H18N6O. The first-order valence-electron chi connectivity index (χ1n) is 8.45. The zero-order valence-electron chi connectivity index (χ0n) is 15.0. The molecule has 2 heterocycles. The Morgan fingerprint density at radius 2 is 1.74 bits per heavy atom. The maximum atomic E-state index is 5.20. The smallest absolute Gasteiger partial charge is 0.185 e. The zero-order chi connectivity index (χ0) is 18.6. The van der Waals surface area contributed by atoms with Crippen molar-refractivity contribution in [2.24, 2.45) is 5.10 Å². The van der Waals surface area contributed by atoms with Gasteiger partial charge in [-0.2, -0.15) is 9.62 Å². The van der Waals surface area contributed by atoms with Crippen molar-refractivity contribution >= 4 is 17.7 Å². The summed E-state index contributed by atoms with van der Waals surface area (Å²) in [5.74, 6) is 2.03. The van der Waals surface area contributed by atoms with Gasteiger partial charge in [-0.3, -0.25) is 5.43 Å². The topological polar surface area (TPSA) is 76.7 Å². The van der Waals surface area contributed by atoms with E-state index >= 15 is 0 Å². The maximum Gasteiger partial charge on any atom is 0.185 e. The van der Waals surface area contributed by atoms with Crippen molar-refractivity contribution in [2.75, 3.05) is 12.5 Å². The lowest BCUT2D eigenvalue weighted by Crippen LogP contribution is -2.00. The number of fused-ring (bicyclic) bond motifs is 1. The first-order chi connectivity index (χ1) is 13.2. The molecule has 0 aliphatic heterocycles. The third-order valence-electron chi connectivity index (χ3n) is 4.08. The summed E-state index contributed by atoms with van der Waals surface area (Å²) in [5, 5.41) is 17.2. The van der Waals surface area contributed by atoms with Crippen molar-refractivity contribution in [3.05, 3.63) is 71.8 Å². The standard InChI is InChI=1S/C20H18N6O/c1-14-3-5-15(6-4-14)13-21-22-18-11-12-19-23-24-20(26(19)25-18)16-7-9-17(27-2)10-8-16/h3-13H,1-2H3,(H,22,25)/b21-13+. The molecule has 0 saturated carbocycles. The quantitative estimate of drug-likeness (QED) is 0.436. The Morgan fingerprint density at radius 1 is 0.963 bits per heavy atom. The summed E-state index contributed by atoms with van der Waals surface area (Å²) in [4.78, 5) is 0. The molecule has 0 bridgehead atoms. The average molecular weight is 358 g/mol. The van der Waals surface area contributed by atoms with Gasteiger partial charge < -0.3 is 4.74 Å². The van der Waals surface area contributed by atoms with Gasteiger partial charge >= 0.3 is 0 Å². The molecule has 0 amide bonds. The third kappa shape index (κ3) is 3.62. The van der Waals surface area contributed by atoms with E-state index in [1.165, 1.54) is 5.56 Å². The molecule has 0 saturated heterocycles. The Kier molecular flexibility index (Phi) is 4.49. The number of benzene rings is 2. The molecule has 0 aliphatic carbocycles. The van der Waals surface area contributed by atoms with E-state index in [-0.39, 0.29) is 0 Å². The van der Waals surface area contributed by atoms with Crippen LogP contribution in [0.1, 0.15) is 11.1 Å². The number of hydrogen-bond acceptors (Lipinski definition) is 6. The van der Waals surface area contributed by atoms with Gasteiger partial charge in [0.2, 0.25) is 0 Å². The van der Waals surface area contributed by atoms with Gasteiger partial charge in [0.25, 0.3) is 0 Å². The molecule has 0 spiro atoms. The van der Waals surface area contributed by atoms with Crippen LogP contribution in [0.4, 0.5) is 5.82 Å². The van der Waals surface area contributed by atoms with Crippen LogP contribution in [0.3, 0.4) is 0 Å². The van der Waals surface area contributed by atoms with E-state index in [0.717, 1.165) is 16.9 Å². The summed E-state index contributed by atoms with van der Waals surface area (Å²) in [7, 11) is 1.64. The van der Waals surface area contributed by atoms with Crippen molar-refractivity contribution in [1.82, 2.24) is 19.8 Å². The Bertz CT molecular complexity index is 1080. The summed E-state index contributed by atoms with van der Waals surface area (Å²) in [6.07, 6.45) is 1.75. The first kappa shape index (κ1) is 16.7. The van der Waals surface area contributed by atoms with Crippen LogP contribution in [-0.2, 0) is 0 Å². The van der Waals surface area contributed by atoms with Crippen molar-refractivity contribution in [3.63, 3.8) is 0 Å². The van der Waals surface area contributed by atoms with E-state index in [1.54, 1.807) is 17.8 Å². The van der Waals surface area contributed by atoms with Crippen LogP contribution < -0.4 is 10.2 Å². The zero-order valence-corrected chi connectivity index (χ0v) is 15.0. The molecule has 4 rings (SSSR count). The van der Waals surface area contributed by atoms with Crippen LogP contribution in [0.5, 0.6) is 5.75 Å². The van der Waals surface area contributed by atoms with Gasteiger partial charge in [-0.25, -0.2) is 0 Å². The van der Waals surface area contributed by atoms with Gasteiger partial charge in [-0.05, 0) is 48.9 Å². The number of nitrogens with zero attached hydrogens (tertiary/aromatic N) is 5. The van der Waals surface area contributed by atoms with Crippen LogP contribution in [0.25, 0.3) is 17.0 Å². The minimum Gasteiger partial charge on any atom is -0.497 e. The van der Waals surface area contributed by atoms with E-state index in [2.05, 4.69) is 32.7 Å². The molecule has 1 N–H and O–H groups in total. The molecule has 7 nitrogen and oxygen atoms in total. The monoisotopic (exact) mass is 358 g/mol. The van der Waals surface area contributed by atoms with Crippen molar-refractivity contribution < 1.29 is 4.74 Å². The highest BCUT2D eigenvalue weighted by Gasteiger charge is 2.10. The molecule has 0 atom stereocenters. The normalized spacial score (nSPS) is 11.2. The van der Waals surface area contributed by atoms with Gasteiger partial charge in [0.15, 0.2) is 17.3 Å². The summed E-state index contributed by atoms with van der Waals surface area (Å²) >= 11 is 0. The van der Waals surface area contributed by atoms with Crippen LogP contribution in [0.2, 0.25) is 0 Å². The molecule has 0 fully saturated rings. The summed E-state index contributed by atoms with van der Waals surface area (Å²) in [6, 6.07) is 19.4. The van der Waals surface area contributed by atoms with Crippen LogP contribution in [0.15, 0.2) is 65.8 Å². The Morgan fingerprint density at radius 3 is 2.48 bits per heavy atom. The SMILES string of the molecule is COc1ccc(-c2nnc3ccc(N/N=C/c4ccc(C)cc4)nn23)cc1. The lowest BCUT2D eigenvalue weighted by Gasteiger charge is -2.03. The molecule has 2 aromatic carbocycles. The number of anilines is 1. The summed E-state index contributed by atoms with van der Waals surface area (Å²) in [5.41, 5.74) is 6.73. The van der Waals surface area contributed by atoms with E-state index in [0.29, 0.717) is 17.3 Å². The number of hydrazone groups is 1. The molecule has 0 aliphatic rings. The molecule has 2 aromatic heterocycles. The fraction of sp³-hybridized carbons (Fsp3) is 0.100. The lowest BCUT2D eigenvalue weighted by molar-refractivity contribution is 0.415. The Labute approximate surface area is 156 Å². The fourth-order valence-electron chi connectivity index (χ4n) is 2.59. The number of methoxy groups -OCH3 is 1. The van der Waals surface area contributed by atoms with E-state index < -0.39 is 0 Å². The molecule has 134 valence electrons. The first-order valence-corrected chi connectivity index (χ1v) is 8.45. The molecule has 4 aromatic rings. The molecule has 0 unspecified atom stereocenters. The molecule has 7 heteroatoms. The minimum atomic E-state index is 0.598. The van der Waals surface area contributed by atoms with Gasteiger partial charge in [0, 0.05) is 5.56 Å². The number of hydrogen-bond donors (Lipinski definition) is 1. The van der Waals surface area contributed by atoms with Gasteiger partial charge in [-0.1, -0.05) is 29.8 Å². The third-order valence-corrected chi connectivity index (χ3v) is 4.08. The molecular weight excluding hydrogens is 340 g/mol. The van der Waals surface area contributed by atoms with Crippen LogP contribution in [0, 0.1) is 6.92 Å². The average Bonchev–Trinajstić information content (AvgIpc) is 3.13. The predicted molar refractivity (Wildman–Crippen MR) is 105 cm³/mol. The largest absolute Gasteiger partial charge is 0.497 e. The van der Waals surface area contributed by atoms with Crippen LogP contribution in [-0.4, -0.2) is 33.1 Å². The Hall–Kier alpha value is -3.74.